The van der Waals surface area contributed by atoms with Crippen molar-refractivity contribution in [2.45, 2.75) is 32.2 Å². The molecule has 0 amide bonds. The first-order valence-electron chi connectivity index (χ1n) is 4.83. The van der Waals surface area contributed by atoms with Gasteiger partial charge in [0.2, 0.25) is 0 Å². The first-order chi connectivity index (χ1) is 6.40. The van der Waals surface area contributed by atoms with Crippen LogP contribution in [0.15, 0.2) is 11.7 Å². The number of hydrogen-bond acceptors (Lipinski definition) is 2. The highest BCUT2D eigenvalue weighted by molar-refractivity contribution is 7.16. The SMILES string of the molecule is CCc1cn(C2CC2)c2scnc12. The lowest BCUT2D eigenvalue weighted by atomic mass is 10.2. The number of rotatable bonds is 2. The van der Waals surface area contributed by atoms with E-state index in [1.54, 1.807) is 11.3 Å². The minimum Gasteiger partial charge on any atom is -0.335 e. The summed E-state index contributed by atoms with van der Waals surface area (Å²) in [5.74, 6) is 0. The molecule has 0 atom stereocenters. The van der Waals surface area contributed by atoms with E-state index in [4.69, 9.17) is 0 Å². The molecule has 3 rings (SSSR count). The molecule has 68 valence electrons. The third-order valence-electron chi connectivity index (χ3n) is 2.70. The van der Waals surface area contributed by atoms with Gasteiger partial charge >= 0.3 is 0 Å². The lowest BCUT2D eigenvalue weighted by molar-refractivity contribution is 0.776. The Hall–Kier alpha value is -0.830. The Labute approximate surface area is 81.2 Å². The van der Waals surface area contributed by atoms with E-state index in [0.29, 0.717) is 0 Å². The second-order valence-corrected chi connectivity index (χ2v) is 4.49. The molecule has 3 heteroatoms. The van der Waals surface area contributed by atoms with Crippen LogP contribution in [0.3, 0.4) is 0 Å². The monoisotopic (exact) mass is 192 g/mol. The second-order valence-electron chi connectivity index (χ2n) is 3.65. The molecule has 13 heavy (non-hydrogen) atoms. The molecule has 2 heterocycles. The Bertz CT molecular complexity index is 437. The highest BCUT2D eigenvalue weighted by Crippen LogP contribution is 2.39. The molecule has 1 fully saturated rings. The molecule has 1 aliphatic rings. The van der Waals surface area contributed by atoms with E-state index >= 15 is 0 Å². The number of fused-ring (bicyclic) bond motifs is 1. The van der Waals surface area contributed by atoms with Crippen molar-refractivity contribution in [1.29, 1.82) is 0 Å². The van der Waals surface area contributed by atoms with Crippen molar-refractivity contribution in [2.75, 3.05) is 0 Å². The third kappa shape index (κ3) is 1.03. The quantitative estimate of drug-likeness (QED) is 0.715. The Morgan fingerprint density at radius 1 is 1.62 bits per heavy atom. The first-order valence-corrected chi connectivity index (χ1v) is 5.71. The molecule has 0 N–H and O–H groups in total. The molecule has 0 bridgehead atoms. The van der Waals surface area contributed by atoms with Crippen LogP contribution in [0, 0.1) is 0 Å². The molecule has 0 radical (unpaired) electrons. The summed E-state index contributed by atoms with van der Waals surface area (Å²) in [6.45, 7) is 2.20. The van der Waals surface area contributed by atoms with E-state index in [0.717, 1.165) is 12.5 Å². The molecule has 0 aliphatic heterocycles. The van der Waals surface area contributed by atoms with Crippen LogP contribution in [0.25, 0.3) is 10.3 Å². The van der Waals surface area contributed by atoms with Crippen molar-refractivity contribution in [2.24, 2.45) is 0 Å². The molecule has 2 aromatic rings. The summed E-state index contributed by atoms with van der Waals surface area (Å²) in [4.78, 5) is 5.79. The maximum Gasteiger partial charge on any atom is 0.123 e. The number of aromatic nitrogens is 2. The molecule has 0 saturated heterocycles. The zero-order valence-electron chi connectivity index (χ0n) is 7.66. The van der Waals surface area contributed by atoms with Crippen LogP contribution < -0.4 is 0 Å². The van der Waals surface area contributed by atoms with E-state index < -0.39 is 0 Å². The molecule has 0 aromatic carbocycles. The summed E-state index contributed by atoms with van der Waals surface area (Å²) < 4.78 is 2.42. The van der Waals surface area contributed by atoms with Crippen LogP contribution in [0.4, 0.5) is 0 Å². The molecular weight excluding hydrogens is 180 g/mol. The number of hydrogen-bond donors (Lipinski definition) is 0. The fourth-order valence-corrected chi connectivity index (χ4v) is 2.69. The predicted molar refractivity (Wildman–Crippen MR) is 55.3 cm³/mol. The van der Waals surface area contributed by atoms with Crippen molar-refractivity contribution in [3.63, 3.8) is 0 Å². The zero-order chi connectivity index (χ0) is 8.84. The smallest absolute Gasteiger partial charge is 0.123 e. The van der Waals surface area contributed by atoms with Gasteiger partial charge in [-0.1, -0.05) is 6.92 Å². The molecule has 1 aliphatic carbocycles. The van der Waals surface area contributed by atoms with Crippen molar-refractivity contribution in [3.8, 4) is 0 Å². The fourth-order valence-electron chi connectivity index (χ4n) is 1.81. The van der Waals surface area contributed by atoms with Gasteiger partial charge in [0.15, 0.2) is 0 Å². The zero-order valence-corrected chi connectivity index (χ0v) is 8.47. The number of thiazole rings is 1. The van der Waals surface area contributed by atoms with Gasteiger partial charge in [-0.2, -0.15) is 0 Å². The number of aryl methyl sites for hydroxylation is 1. The summed E-state index contributed by atoms with van der Waals surface area (Å²) in [6, 6.07) is 0.781. The van der Waals surface area contributed by atoms with Crippen molar-refractivity contribution in [1.82, 2.24) is 9.55 Å². The normalized spacial score (nSPS) is 17.0. The topological polar surface area (TPSA) is 17.8 Å². The Kier molecular flexibility index (Phi) is 1.50. The largest absolute Gasteiger partial charge is 0.335 e. The summed E-state index contributed by atoms with van der Waals surface area (Å²) in [7, 11) is 0. The Morgan fingerprint density at radius 3 is 3.15 bits per heavy atom. The predicted octanol–water partition coefficient (Wildman–Crippen LogP) is 3.00. The van der Waals surface area contributed by atoms with Crippen LogP contribution >= 0.6 is 11.3 Å². The summed E-state index contributed by atoms with van der Waals surface area (Å²) >= 11 is 1.77. The van der Waals surface area contributed by atoms with Gasteiger partial charge in [0, 0.05) is 12.2 Å². The van der Waals surface area contributed by atoms with Crippen LogP contribution in [0.5, 0.6) is 0 Å². The standard InChI is InChI=1S/C10H12N2S/c1-2-7-5-12(8-3-4-8)10-9(7)11-6-13-10/h5-6,8H,2-4H2,1H3. The van der Waals surface area contributed by atoms with E-state index in [9.17, 15) is 0 Å². The summed E-state index contributed by atoms with van der Waals surface area (Å²) in [5.41, 5.74) is 4.60. The van der Waals surface area contributed by atoms with Gasteiger partial charge in [0.05, 0.1) is 5.51 Å². The van der Waals surface area contributed by atoms with Gasteiger partial charge in [0.25, 0.3) is 0 Å². The summed E-state index contributed by atoms with van der Waals surface area (Å²) in [6.07, 6.45) is 6.10. The van der Waals surface area contributed by atoms with Gasteiger partial charge in [-0.15, -0.1) is 11.3 Å². The molecular formula is C10H12N2S. The lowest BCUT2D eigenvalue weighted by Gasteiger charge is -1.97. The molecule has 2 nitrogen and oxygen atoms in total. The van der Waals surface area contributed by atoms with Gasteiger partial charge in [-0.3, -0.25) is 0 Å². The summed E-state index contributed by atoms with van der Waals surface area (Å²) in [5, 5.41) is 0. The average Bonchev–Trinajstić information content (AvgIpc) is 2.77. The van der Waals surface area contributed by atoms with Gasteiger partial charge < -0.3 is 4.57 Å². The van der Waals surface area contributed by atoms with Gasteiger partial charge in [-0.25, -0.2) is 4.98 Å². The van der Waals surface area contributed by atoms with Crippen molar-refractivity contribution < 1.29 is 0 Å². The van der Waals surface area contributed by atoms with E-state index in [-0.39, 0.29) is 0 Å². The fraction of sp³-hybridized carbons (Fsp3) is 0.500. The van der Waals surface area contributed by atoms with Crippen LogP contribution in [0.2, 0.25) is 0 Å². The van der Waals surface area contributed by atoms with Crippen LogP contribution in [-0.2, 0) is 6.42 Å². The number of nitrogens with zero attached hydrogens (tertiary/aromatic N) is 2. The minimum absolute atomic E-state index is 0.781. The minimum atomic E-state index is 0.781. The molecule has 0 spiro atoms. The van der Waals surface area contributed by atoms with Crippen molar-refractivity contribution >= 4 is 21.7 Å². The van der Waals surface area contributed by atoms with E-state index in [1.165, 1.54) is 28.8 Å². The highest BCUT2D eigenvalue weighted by Gasteiger charge is 2.26. The van der Waals surface area contributed by atoms with Gasteiger partial charge in [0.1, 0.15) is 10.3 Å². The van der Waals surface area contributed by atoms with Crippen LogP contribution in [0.1, 0.15) is 31.4 Å². The highest BCUT2D eigenvalue weighted by atomic mass is 32.1. The maximum atomic E-state index is 4.42. The Balaban J connectivity index is 2.26. The van der Waals surface area contributed by atoms with Crippen LogP contribution in [-0.4, -0.2) is 9.55 Å². The van der Waals surface area contributed by atoms with E-state index in [2.05, 4.69) is 22.7 Å². The lowest BCUT2D eigenvalue weighted by Crippen LogP contribution is -1.88. The Morgan fingerprint density at radius 2 is 2.46 bits per heavy atom. The second kappa shape index (κ2) is 2.58. The van der Waals surface area contributed by atoms with E-state index in [1.807, 2.05) is 5.51 Å². The third-order valence-corrected chi connectivity index (χ3v) is 3.54. The molecule has 0 unspecified atom stereocenters. The van der Waals surface area contributed by atoms with Crippen molar-refractivity contribution in [3.05, 3.63) is 17.3 Å². The average molecular weight is 192 g/mol. The van der Waals surface area contributed by atoms with Gasteiger partial charge in [-0.05, 0) is 24.8 Å². The first kappa shape index (κ1) is 7.56. The molecule has 1 saturated carbocycles. The molecule has 2 aromatic heterocycles. The maximum absolute atomic E-state index is 4.42.